The highest BCUT2D eigenvalue weighted by atomic mass is 16.3. The average Bonchev–Trinajstić information content (AvgIpc) is 3.03. The molecule has 3 heterocycles. The van der Waals surface area contributed by atoms with E-state index in [0.717, 1.165) is 50.8 Å². The molecule has 0 saturated carbocycles. The highest BCUT2D eigenvalue weighted by Gasteiger charge is 2.24. The summed E-state index contributed by atoms with van der Waals surface area (Å²) in [5, 5.41) is 23.2. The molecule has 141 valence electrons. The normalized spacial score (nSPS) is 16.2. The molecular weight excluding hydrogens is 340 g/mol. The number of benzene rings is 1. The van der Waals surface area contributed by atoms with Crippen molar-refractivity contribution in [3.05, 3.63) is 37.3 Å². The van der Waals surface area contributed by atoms with Gasteiger partial charge in [-0.25, -0.2) is 0 Å². The number of phenolic OH excluding ortho intramolecular Hbond substituents is 1. The van der Waals surface area contributed by atoms with Crippen LogP contribution in [0, 0.1) is 6.92 Å². The highest BCUT2D eigenvalue weighted by molar-refractivity contribution is 5.87. The quantitative estimate of drug-likeness (QED) is 0.722. The lowest BCUT2D eigenvalue weighted by Gasteiger charge is -2.32. The molecule has 7 heteroatoms. The Morgan fingerprint density at radius 3 is 2.70 bits per heavy atom. The average molecular weight is 365 g/mol. The van der Waals surface area contributed by atoms with Crippen molar-refractivity contribution >= 4 is 16.9 Å². The lowest BCUT2D eigenvalue weighted by molar-refractivity contribution is 0.181. The molecule has 1 radical (unpaired) electrons. The molecule has 3 N–H and O–H groups in total. The van der Waals surface area contributed by atoms with Gasteiger partial charge in [0, 0.05) is 18.7 Å². The Morgan fingerprint density at radius 1 is 1.19 bits per heavy atom. The van der Waals surface area contributed by atoms with Gasteiger partial charge >= 0.3 is 0 Å². The van der Waals surface area contributed by atoms with Gasteiger partial charge in [-0.05, 0) is 44.0 Å². The van der Waals surface area contributed by atoms with Gasteiger partial charge in [-0.3, -0.25) is 4.68 Å². The molecule has 1 aromatic carbocycles. The standard InChI is InChI=1S/C20H25N6O/c1-2-3-10-25-11-8-14(9-12-25)26-17-13-16(15-6-4-5-7-18(15)27)22-23-19(17)20(21)24-26/h4-7,13-14,27H,1-3,8-12H2,(H2,21,24). The van der Waals surface area contributed by atoms with Gasteiger partial charge in [0.1, 0.15) is 5.75 Å². The fourth-order valence-electron chi connectivity index (χ4n) is 3.78. The van der Waals surface area contributed by atoms with Gasteiger partial charge in [0.2, 0.25) is 0 Å². The predicted octanol–water partition coefficient (Wildman–Crippen LogP) is 3.03. The van der Waals surface area contributed by atoms with Crippen molar-refractivity contribution in [2.24, 2.45) is 0 Å². The zero-order valence-electron chi connectivity index (χ0n) is 15.4. The molecule has 2 aromatic heterocycles. The van der Waals surface area contributed by atoms with Gasteiger partial charge in [0.05, 0.1) is 17.3 Å². The summed E-state index contributed by atoms with van der Waals surface area (Å²) >= 11 is 0. The number of anilines is 1. The number of aromatic nitrogens is 4. The van der Waals surface area contributed by atoms with Crippen molar-refractivity contribution in [1.82, 2.24) is 24.9 Å². The van der Waals surface area contributed by atoms with E-state index in [1.165, 1.54) is 0 Å². The van der Waals surface area contributed by atoms with Crippen LogP contribution in [0.1, 0.15) is 31.7 Å². The van der Waals surface area contributed by atoms with Gasteiger partial charge in [0.25, 0.3) is 0 Å². The summed E-state index contributed by atoms with van der Waals surface area (Å²) in [5.41, 5.74) is 8.86. The number of nitrogens with two attached hydrogens (primary N) is 1. The van der Waals surface area contributed by atoms with Crippen molar-refractivity contribution in [1.29, 1.82) is 0 Å². The first-order valence-electron chi connectivity index (χ1n) is 9.48. The van der Waals surface area contributed by atoms with E-state index in [9.17, 15) is 5.11 Å². The first kappa shape index (κ1) is 17.7. The number of unbranched alkanes of at least 4 members (excludes halogenated alkanes) is 1. The zero-order valence-corrected chi connectivity index (χ0v) is 15.4. The van der Waals surface area contributed by atoms with Crippen LogP contribution >= 0.6 is 0 Å². The first-order chi connectivity index (χ1) is 13.2. The predicted molar refractivity (Wildman–Crippen MR) is 106 cm³/mol. The van der Waals surface area contributed by atoms with Crippen LogP contribution in [0.4, 0.5) is 5.82 Å². The van der Waals surface area contributed by atoms with Crippen LogP contribution in [0.2, 0.25) is 0 Å². The van der Waals surface area contributed by atoms with E-state index in [1.807, 2.05) is 22.9 Å². The van der Waals surface area contributed by atoms with E-state index >= 15 is 0 Å². The van der Waals surface area contributed by atoms with Crippen molar-refractivity contribution in [2.75, 3.05) is 25.4 Å². The van der Waals surface area contributed by atoms with Crippen LogP contribution in [0.15, 0.2) is 30.3 Å². The summed E-state index contributed by atoms with van der Waals surface area (Å²) in [6, 6.07) is 9.35. The van der Waals surface area contributed by atoms with Gasteiger partial charge in [0.15, 0.2) is 11.3 Å². The fourth-order valence-corrected chi connectivity index (χ4v) is 3.78. The number of aromatic hydroxyl groups is 1. The number of hydrogen-bond acceptors (Lipinski definition) is 6. The Kier molecular flexibility index (Phi) is 4.94. The maximum Gasteiger partial charge on any atom is 0.174 e. The van der Waals surface area contributed by atoms with Crippen LogP contribution in [-0.4, -0.2) is 49.6 Å². The summed E-state index contributed by atoms with van der Waals surface area (Å²) in [4.78, 5) is 2.49. The molecule has 0 aliphatic carbocycles. The topological polar surface area (TPSA) is 93.1 Å². The van der Waals surface area contributed by atoms with Crippen LogP contribution in [0.5, 0.6) is 5.75 Å². The van der Waals surface area contributed by atoms with Gasteiger partial charge in [-0.15, -0.1) is 10.2 Å². The van der Waals surface area contributed by atoms with Crippen LogP contribution in [0.25, 0.3) is 22.3 Å². The van der Waals surface area contributed by atoms with E-state index in [4.69, 9.17) is 5.73 Å². The van der Waals surface area contributed by atoms with Crippen molar-refractivity contribution < 1.29 is 5.11 Å². The second-order valence-electron chi connectivity index (χ2n) is 7.09. The Hall–Kier alpha value is -2.67. The van der Waals surface area contributed by atoms with Gasteiger partial charge < -0.3 is 15.7 Å². The summed E-state index contributed by atoms with van der Waals surface area (Å²) in [5.74, 6) is 0.588. The second-order valence-corrected chi connectivity index (χ2v) is 7.09. The lowest BCUT2D eigenvalue weighted by Crippen LogP contribution is -2.35. The third kappa shape index (κ3) is 3.47. The number of likely N-dealkylation sites (tertiary alicyclic amines) is 1. The molecule has 27 heavy (non-hydrogen) atoms. The lowest BCUT2D eigenvalue weighted by atomic mass is 10.0. The Morgan fingerprint density at radius 2 is 1.96 bits per heavy atom. The molecule has 0 bridgehead atoms. The Labute approximate surface area is 158 Å². The SMILES string of the molecule is [CH2]CCCN1CCC(n2nc(N)c3nnc(-c4ccccc4O)cc32)CC1. The number of phenols is 1. The van der Waals surface area contributed by atoms with E-state index in [0.29, 0.717) is 28.6 Å². The summed E-state index contributed by atoms with van der Waals surface area (Å²) in [6.45, 7) is 7.14. The van der Waals surface area contributed by atoms with Crippen LogP contribution in [0.3, 0.4) is 0 Å². The van der Waals surface area contributed by atoms with Crippen molar-refractivity contribution in [3.63, 3.8) is 0 Å². The smallest absolute Gasteiger partial charge is 0.174 e. The second kappa shape index (κ2) is 7.52. The minimum atomic E-state index is 0.184. The molecule has 1 aliphatic heterocycles. The third-order valence-corrected chi connectivity index (χ3v) is 5.29. The summed E-state index contributed by atoms with van der Waals surface area (Å²) in [7, 11) is 0. The summed E-state index contributed by atoms with van der Waals surface area (Å²) < 4.78 is 2.00. The van der Waals surface area contributed by atoms with E-state index in [-0.39, 0.29) is 5.75 Å². The van der Waals surface area contributed by atoms with Crippen molar-refractivity contribution in [3.8, 4) is 17.0 Å². The molecule has 0 atom stereocenters. The molecule has 1 aliphatic rings. The number of para-hydroxylation sites is 1. The molecule has 1 saturated heterocycles. The molecule has 7 nitrogen and oxygen atoms in total. The summed E-state index contributed by atoms with van der Waals surface area (Å²) in [6.07, 6.45) is 4.18. The minimum Gasteiger partial charge on any atom is -0.507 e. The number of piperidine rings is 1. The van der Waals surface area contributed by atoms with E-state index < -0.39 is 0 Å². The number of rotatable bonds is 5. The maximum absolute atomic E-state index is 10.1. The number of nitrogens with zero attached hydrogens (tertiary/aromatic N) is 5. The van der Waals surface area contributed by atoms with Gasteiger partial charge in [-0.1, -0.05) is 25.5 Å². The largest absolute Gasteiger partial charge is 0.507 e. The Balaban J connectivity index is 1.64. The monoisotopic (exact) mass is 365 g/mol. The zero-order chi connectivity index (χ0) is 18.8. The molecule has 0 unspecified atom stereocenters. The molecule has 1 fully saturated rings. The fraction of sp³-hybridized carbons (Fsp3) is 0.400. The van der Waals surface area contributed by atoms with E-state index in [1.54, 1.807) is 12.1 Å². The highest BCUT2D eigenvalue weighted by Crippen LogP contribution is 2.32. The molecule has 4 rings (SSSR count). The third-order valence-electron chi connectivity index (χ3n) is 5.29. The first-order valence-corrected chi connectivity index (χ1v) is 9.48. The molecule has 3 aromatic rings. The number of hydrogen-bond donors (Lipinski definition) is 2. The Bertz CT molecular complexity index is 929. The minimum absolute atomic E-state index is 0.184. The van der Waals surface area contributed by atoms with Crippen LogP contribution < -0.4 is 5.73 Å². The molecular formula is C20H25N6O. The van der Waals surface area contributed by atoms with Gasteiger partial charge in [-0.2, -0.15) is 5.10 Å². The number of nitrogen functional groups attached to an aromatic ring is 1. The molecule has 0 amide bonds. The van der Waals surface area contributed by atoms with Crippen molar-refractivity contribution in [2.45, 2.75) is 31.7 Å². The maximum atomic E-state index is 10.1. The van der Waals surface area contributed by atoms with Crippen LogP contribution in [-0.2, 0) is 0 Å². The molecule has 0 spiro atoms. The van der Waals surface area contributed by atoms with E-state index in [2.05, 4.69) is 27.1 Å². The number of fused-ring (bicyclic) bond motifs is 1.